The van der Waals surface area contributed by atoms with Crippen molar-refractivity contribution < 1.29 is 22.6 Å². The summed E-state index contributed by atoms with van der Waals surface area (Å²) in [5.74, 6) is -0.570. The Morgan fingerprint density at radius 2 is 1.81 bits per heavy atom. The van der Waals surface area contributed by atoms with Gasteiger partial charge in [-0.3, -0.25) is 4.31 Å². The average Bonchev–Trinajstić information content (AvgIpc) is 3.13. The number of hydrogen-bond donors (Lipinski definition) is 1. The van der Waals surface area contributed by atoms with Crippen LogP contribution in [0.2, 0.25) is 0 Å². The first kappa shape index (κ1) is 23.3. The molecule has 7 nitrogen and oxygen atoms in total. The van der Waals surface area contributed by atoms with Crippen molar-refractivity contribution >= 4 is 38.1 Å². The van der Waals surface area contributed by atoms with Crippen molar-refractivity contribution in [3.63, 3.8) is 0 Å². The third kappa shape index (κ3) is 5.09. The van der Waals surface area contributed by atoms with Crippen LogP contribution in [0.15, 0.2) is 65.7 Å². The molecule has 0 bridgehead atoms. The third-order valence-electron chi connectivity index (χ3n) is 4.44. The van der Waals surface area contributed by atoms with Gasteiger partial charge in [-0.25, -0.2) is 25.2 Å². The first-order valence-corrected chi connectivity index (χ1v) is 12.1. The zero-order valence-electron chi connectivity index (χ0n) is 17.8. The number of nitrogens with one attached hydrogen (secondary N) is 1. The SMILES string of the molecule is Cl.[2H]CN(c1cccc(S(=O)(=O)n2cc(CNC)cc2-c2ccccc2F)c1)S(C)(=O)=O. The highest BCUT2D eigenvalue weighted by molar-refractivity contribution is 7.92. The van der Waals surface area contributed by atoms with E-state index in [1.807, 2.05) is 0 Å². The second-order valence-corrected chi connectivity index (χ2v) is 10.4. The van der Waals surface area contributed by atoms with E-state index in [1.165, 1.54) is 48.7 Å². The van der Waals surface area contributed by atoms with Gasteiger partial charge in [0.1, 0.15) is 5.82 Å². The molecule has 31 heavy (non-hydrogen) atoms. The van der Waals surface area contributed by atoms with Crippen molar-refractivity contribution in [3.05, 3.63) is 72.2 Å². The molecular weight excluding hydrogens is 465 g/mol. The molecule has 3 aromatic rings. The standard InChI is InChI=1S/C20H22FN3O4S2.ClH/c1-22-13-15-11-20(18-9-4-5-10-19(18)21)24(14-15)30(27,28)17-8-6-7-16(12-17)23(2)29(3,25)26;/h4-12,14,22H,13H2,1-3H3;1H/i2D;. The van der Waals surface area contributed by atoms with Gasteiger partial charge in [-0.2, -0.15) is 0 Å². The van der Waals surface area contributed by atoms with Gasteiger partial charge in [0.05, 0.1) is 22.5 Å². The van der Waals surface area contributed by atoms with E-state index in [2.05, 4.69) is 5.32 Å². The minimum absolute atomic E-state index is 0. The van der Waals surface area contributed by atoms with Gasteiger partial charge >= 0.3 is 0 Å². The van der Waals surface area contributed by atoms with Crippen molar-refractivity contribution in [2.24, 2.45) is 0 Å². The third-order valence-corrected chi connectivity index (χ3v) is 7.12. The van der Waals surface area contributed by atoms with E-state index < -0.39 is 32.9 Å². The topological polar surface area (TPSA) is 88.5 Å². The molecule has 0 unspecified atom stereocenters. The van der Waals surface area contributed by atoms with Crippen molar-refractivity contribution in [2.45, 2.75) is 11.4 Å². The lowest BCUT2D eigenvalue weighted by atomic mass is 10.1. The van der Waals surface area contributed by atoms with E-state index in [0.29, 0.717) is 12.1 Å². The molecule has 0 amide bonds. The van der Waals surface area contributed by atoms with Gasteiger partial charge in [0.2, 0.25) is 10.0 Å². The monoisotopic (exact) mass is 488 g/mol. The van der Waals surface area contributed by atoms with Gasteiger partial charge in [-0.1, -0.05) is 18.2 Å². The molecule has 0 atom stereocenters. The Balaban J connectivity index is 0.00000363. The Morgan fingerprint density at radius 3 is 2.42 bits per heavy atom. The number of benzene rings is 2. The molecular formula is C20H23ClFN3O4S2. The van der Waals surface area contributed by atoms with Crippen LogP contribution in [-0.4, -0.2) is 41.1 Å². The van der Waals surface area contributed by atoms with Crippen molar-refractivity contribution in [1.29, 1.82) is 0 Å². The molecule has 11 heteroatoms. The van der Waals surface area contributed by atoms with Gasteiger partial charge in [0.25, 0.3) is 10.0 Å². The fourth-order valence-electron chi connectivity index (χ4n) is 2.97. The maximum Gasteiger partial charge on any atom is 0.268 e. The van der Waals surface area contributed by atoms with E-state index in [4.69, 9.17) is 1.37 Å². The smallest absolute Gasteiger partial charge is 0.268 e. The van der Waals surface area contributed by atoms with E-state index in [1.54, 1.807) is 19.2 Å². The van der Waals surface area contributed by atoms with Gasteiger partial charge in [-0.15, -0.1) is 12.4 Å². The summed E-state index contributed by atoms with van der Waals surface area (Å²) < 4.78 is 74.6. The lowest BCUT2D eigenvalue weighted by Crippen LogP contribution is -2.25. The second-order valence-electron chi connectivity index (χ2n) is 6.65. The second kappa shape index (κ2) is 9.39. The first-order valence-electron chi connectivity index (χ1n) is 9.53. The van der Waals surface area contributed by atoms with Crippen LogP contribution in [0.1, 0.15) is 6.93 Å². The normalized spacial score (nSPS) is 12.2. The molecule has 1 N–H and O–H groups in total. The number of rotatable bonds is 7. The van der Waals surface area contributed by atoms with Gasteiger partial charge in [0.15, 0.2) is 0 Å². The summed E-state index contributed by atoms with van der Waals surface area (Å²) >= 11 is 0. The predicted molar refractivity (Wildman–Crippen MR) is 122 cm³/mol. The molecule has 1 heterocycles. The highest BCUT2D eigenvalue weighted by Gasteiger charge is 2.24. The van der Waals surface area contributed by atoms with Gasteiger partial charge in [0, 0.05) is 26.7 Å². The van der Waals surface area contributed by atoms with Crippen LogP contribution in [-0.2, 0) is 26.6 Å². The molecule has 1 aromatic heterocycles. The molecule has 0 spiro atoms. The summed E-state index contributed by atoms with van der Waals surface area (Å²) in [4.78, 5) is -0.184. The zero-order valence-corrected chi connectivity index (χ0v) is 19.3. The quantitative estimate of drug-likeness (QED) is 0.552. The Labute approximate surface area is 189 Å². The Kier molecular flexibility index (Phi) is 7.05. The molecule has 0 saturated heterocycles. The lowest BCUT2D eigenvalue weighted by molar-refractivity contribution is 0.586. The maximum absolute atomic E-state index is 14.5. The van der Waals surface area contributed by atoms with Crippen LogP contribution >= 0.6 is 12.4 Å². The Hall–Kier alpha value is -2.40. The summed E-state index contributed by atoms with van der Waals surface area (Å²) in [6.45, 7) is 0.366. The fraction of sp³-hybridized carbons (Fsp3) is 0.200. The number of anilines is 1. The minimum atomic E-state index is -4.20. The molecule has 0 radical (unpaired) electrons. The number of aromatic nitrogens is 1. The number of hydrogen-bond acceptors (Lipinski definition) is 5. The first-order chi connectivity index (χ1) is 14.6. The lowest BCUT2D eigenvalue weighted by Gasteiger charge is -2.18. The highest BCUT2D eigenvalue weighted by Crippen LogP contribution is 2.30. The molecule has 168 valence electrons. The van der Waals surface area contributed by atoms with Crippen molar-refractivity contribution in [1.82, 2.24) is 9.29 Å². The van der Waals surface area contributed by atoms with E-state index in [0.717, 1.165) is 14.5 Å². The van der Waals surface area contributed by atoms with Crippen LogP contribution in [0.25, 0.3) is 11.3 Å². The number of halogens is 2. The molecule has 0 saturated carbocycles. The summed E-state index contributed by atoms with van der Waals surface area (Å²) in [6, 6.07) is 12.8. The molecule has 0 aliphatic heterocycles. The summed E-state index contributed by atoms with van der Waals surface area (Å²) in [5, 5.41) is 2.93. The van der Waals surface area contributed by atoms with Crippen molar-refractivity contribution in [2.75, 3.05) is 24.6 Å². The number of sulfonamides is 1. The van der Waals surface area contributed by atoms with E-state index in [9.17, 15) is 21.2 Å². The van der Waals surface area contributed by atoms with Gasteiger partial charge < -0.3 is 5.32 Å². The van der Waals surface area contributed by atoms with Crippen LogP contribution in [0, 0.1) is 5.82 Å². The Bertz CT molecular complexity index is 1310. The summed E-state index contributed by atoms with van der Waals surface area (Å²) in [5.41, 5.74) is 0.945. The van der Waals surface area contributed by atoms with Crippen LogP contribution in [0.3, 0.4) is 0 Å². The summed E-state index contributed by atoms with van der Waals surface area (Å²) in [7, 11) is -6.86. The van der Waals surface area contributed by atoms with Crippen LogP contribution < -0.4 is 9.62 Å². The predicted octanol–water partition coefficient (Wildman–Crippen LogP) is 3.07. The van der Waals surface area contributed by atoms with E-state index in [-0.39, 0.29) is 34.2 Å². The Morgan fingerprint density at radius 1 is 1.10 bits per heavy atom. The van der Waals surface area contributed by atoms with Crippen molar-refractivity contribution in [3.8, 4) is 11.3 Å². The molecule has 0 fully saturated rings. The largest absolute Gasteiger partial charge is 0.316 e. The number of nitrogens with zero attached hydrogens (tertiary/aromatic N) is 2. The van der Waals surface area contributed by atoms with Crippen LogP contribution in [0.4, 0.5) is 10.1 Å². The highest BCUT2D eigenvalue weighted by atomic mass is 35.5. The van der Waals surface area contributed by atoms with Crippen LogP contribution in [0.5, 0.6) is 0 Å². The van der Waals surface area contributed by atoms with E-state index >= 15 is 0 Å². The fourth-order valence-corrected chi connectivity index (χ4v) is 4.89. The molecule has 0 aliphatic carbocycles. The average molecular weight is 489 g/mol. The molecule has 0 aliphatic rings. The minimum Gasteiger partial charge on any atom is -0.316 e. The van der Waals surface area contributed by atoms with Gasteiger partial charge in [-0.05, 0) is 49.0 Å². The summed E-state index contributed by atoms with van der Waals surface area (Å²) in [6.07, 6.45) is 2.34. The maximum atomic E-state index is 14.5. The zero-order chi connectivity index (χ0) is 22.8. The molecule has 2 aromatic carbocycles. The molecule has 3 rings (SSSR count).